The zero-order chi connectivity index (χ0) is 16.2. The van der Waals surface area contributed by atoms with E-state index in [0.717, 1.165) is 43.3 Å². The molecule has 0 spiro atoms. The van der Waals surface area contributed by atoms with Crippen molar-refractivity contribution in [3.63, 3.8) is 0 Å². The van der Waals surface area contributed by atoms with E-state index in [0.29, 0.717) is 11.8 Å². The predicted molar refractivity (Wildman–Crippen MR) is 99.8 cm³/mol. The Balaban J connectivity index is 0.00000208. The quantitative estimate of drug-likeness (QED) is 0.903. The number of aromatic nitrogens is 1. The number of methoxy groups -OCH3 is 1. The Morgan fingerprint density at radius 2 is 1.96 bits per heavy atom. The molecule has 0 saturated carbocycles. The molecule has 3 rings (SSSR count). The first kappa shape index (κ1) is 18.7. The van der Waals surface area contributed by atoms with E-state index in [1.807, 2.05) is 19.1 Å². The van der Waals surface area contributed by atoms with Crippen LogP contribution in [0.5, 0.6) is 5.75 Å². The van der Waals surface area contributed by atoms with Crippen molar-refractivity contribution < 1.29 is 4.74 Å². The van der Waals surface area contributed by atoms with Gasteiger partial charge in [-0.1, -0.05) is 30.3 Å². The monoisotopic (exact) mass is 347 g/mol. The maximum Gasteiger partial charge on any atom is 0.122 e. The van der Waals surface area contributed by atoms with Crippen LogP contribution in [0.25, 0.3) is 0 Å². The first-order valence-corrected chi connectivity index (χ1v) is 8.18. The molecule has 0 amide bonds. The lowest BCUT2D eigenvalue weighted by atomic mass is 9.89. The highest BCUT2D eigenvalue weighted by Gasteiger charge is 2.32. The normalized spacial score (nSPS) is 20.6. The van der Waals surface area contributed by atoms with E-state index >= 15 is 0 Å². The molecule has 2 heterocycles. The van der Waals surface area contributed by atoms with Crippen molar-refractivity contribution in [1.29, 1.82) is 0 Å². The summed E-state index contributed by atoms with van der Waals surface area (Å²) in [5, 5.41) is 0. The van der Waals surface area contributed by atoms with Crippen LogP contribution in [0.3, 0.4) is 0 Å². The molecule has 1 aromatic heterocycles. The molecule has 1 aliphatic rings. The molecule has 24 heavy (non-hydrogen) atoms. The Morgan fingerprint density at radius 1 is 1.21 bits per heavy atom. The lowest BCUT2D eigenvalue weighted by Gasteiger charge is -2.17. The van der Waals surface area contributed by atoms with Gasteiger partial charge in [0.05, 0.1) is 12.8 Å². The zero-order valence-electron chi connectivity index (χ0n) is 14.3. The van der Waals surface area contributed by atoms with Crippen LogP contribution in [0.15, 0.2) is 42.5 Å². The van der Waals surface area contributed by atoms with Gasteiger partial charge in [0, 0.05) is 43.4 Å². The number of rotatable bonds is 5. The van der Waals surface area contributed by atoms with Gasteiger partial charge in [0.15, 0.2) is 0 Å². The van der Waals surface area contributed by atoms with Crippen molar-refractivity contribution in [1.82, 2.24) is 9.88 Å². The SMILES string of the molecule is COc1cc(C)nc(CN2C[C@@H](CN)[C@H](c3ccccc3)C2)c1.Cl. The Hall–Kier alpha value is -1.62. The van der Waals surface area contributed by atoms with E-state index in [4.69, 9.17) is 10.5 Å². The average Bonchev–Trinajstić information content (AvgIpc) is 2.98. The number of benzene rings is 1. The van der Waals surface area contributed by atoms with Crippen LogP contribution in [-0.4, -0.2) is 36.6 Å². The molecule has 1 saturated heterocycles. The molecule has 4 nitrogen and oxygen atoms in total. The molecule has 0 radical (unpaired) electrons. The number of nitrogens with zero attached hydrogens (tertiary/aromatic N) is 2. The van der Waals surface area contributed by atoms with Crippen LogP contribution in [-0.2, 0) is 6.54 Å². The highest BCUT2D eigenvalue weighted by atomic mass is 35.5. The van der Waals surface area contributed by atoms with Gasteiger partial charge in [-0.15, -0.1) is 12.4 Å². The first-order valence-electron chi connectivity index (χ1n) is 8.18. The maximum atomic E-state index is 6.02. The second kappa shape index (κ2) is 8.47. The Kier molecular flexibility index (Phi) is 6.60. The lowest BCUT2D eigenvalue weighted by molar-refractivity contribution is 0.311. The van der Waals surface area contributed by atoms with Crippen LogP contribution in [0.2, 0.25) is 0 Å². The third-order valence-electron chi connectivity index (χ3n) is 4.65. The zero-order valence-corrected chi connectivity index (χ0v) is 15.1. The third kappa shape index (κ3) is 4.26. The lowest BCUT2D eigenvalue weighted by Crippen LogP contribution is -2.23. The second-order valence-corrected chi connectivity index (χ2v) is 6.35. The summed E-state index contributed by atoms with van der Waals surface area (Å²) in [7, 11) is 1.70. The number of nitrogens with two attached hydrogens (primary N) is 1. The molecular weight excluding hydrogens is 322 g/mol. The van der Waals surface area contributed by atoms with Gasteiger partial charge < -0.3 is 10.5 Å². The van der Waals surface area contributed by atoms with Gasteiger partial charge >= 0.3 is 0 Å². The second-order valence-electron chi connectivity index (χ2n) is 6.35. The van der Waals surface area contributed by atoms with E-state index in [-0.39, 0.29) is 12.4 Å². The number of hydrogen-bond donors (Lipinski definition) is 1. The van der Waals surface area contributed by atoms with Gasteiger partial charge in [-0.25, -0.2) is 0 Å². The van der Waals surface area contributed by atoms with Crippen molar-refractivity contribution in [2.24, 2.45) is 11.7 Å². The van der Waals surface area contributed by atoms with Crippen LogP contribution >= 0.6 is 12.4 Å². The standard InChI is InChI=1S/C19H25N3O.ClH/c1-14-8-18(23-2)9-17(21-14)12-22-11-16(10-20)19(13-22)15-6-4-3-5-7-15;/h3-9,16,19H,10-13,20H2,1-2H3;1H/t16-,19+;/m1./s1. The molecule has 0 unspecified atom stereocenters. The average molecular weight is 348 g/mol. The molecule has 2 atom stereocenters. The molecule has 2 aromatic rings. The van der Waals surface area contributed by atoms with Crippen molar-refractivity contribution in [2.75, 3.05) is 26.7 Å². The summed E-state index contributed by atoms with van der Waals surface area (Å²) in [5.74, 6) is 1.89. The number of pyridine rings is 1. The number of aryl methyl sites for hydroxylation is 1. The smallest absolute Gasteiger partial charge is 0.122 e. The largest absolute Gasteiger partial charge is 0.497 e. The first-order chi connectivity index (χ1) is 11.2. The van der Waals surface area contributed by atoms with Gasteiger partial charge in [-0.3, -0.25) is 9.88 Å². The van der Waals surface area contributed by atoms with Crippen molar-refractivity contribution >= 4 is 12.4 Å². The Labute approximate surface area is 150 Å². The predicted octanol–water partition coefficient (Wildman–Crippen LogP) is 2.99. The fourth-order valence-corrected chi connectivity index (χ4v) is 3.54. The minimum atomic E-state index is 0. The minimum absolute atomic E-state index is 0. The maximum absolute atomic E-state index is 6.02. The molecule has 1 aliphatic heterocycles. The summed E-state index contributed by atoms with van der Waals surface area (Å²) < 4.78 is 5.35. The molecular formula is C19H26ClN3O. The minimum Gasteiger partial charge on any atom is -0.497 e. The van der Waals surface area contributed by atoms with Crippen molar-refractivity contribution in [3.8, 4) is 5.75 Å². The van der Waals surface area contributed by atoms with E-state index in [1.165, 1.54) is 5.56 Å². The number of likely N-dealkylation sites (tertiary alicyclic amines) is 1. The highest BCUT2D eigenvalue weighted by Crippen LogP contribution is 2.32. The van der Waals surface area contributed by atoms with Gasteiger partial charge in [0.2, 0.25) is 0 Å². The van der Waals surface area contributed by atoms with Crippen molar-refractivity contribution in [3.05, 3.63) is 59.4 Å². The fraction of sp³-hybridized carbons (Fsp3) is 0.421. The molecule has 0 bridgehead atoms. The van der Waals surface area contributed by atoms with Gasteiger partial charge in [-0.05, 0) is 24.9 Å². The summed E-state index contributed by atoms with van der Waals surface area (Å²) >= 11 is 0. The van der Waals surface area contributed by atoms with Crippen molar-refractivity contribution in [2.45, 2.75) is 19.4 Å². The fourth-order valence-electron chi connectivity index (χ4n) is 3.54. The Morgan fingerprint density at radius 3 is 2.62 bits per heavy atom. The van der Waals surface area contributed by atoms with E-state index in [9.17, 15) is 0 Å². The third-order valence-corrected chi connectivity index (χ3v) is 4.65. The molecule has 130 valence electrons. The van der Waals surface area contributed by atoms with Crippen LogP contribution in [0.1, 0.15) is 22.9 Å². The molecule has 1 fully saturated rings. The van der Waals surface area contributed by atoms with E-state index < -0.39 is 0 Å². The van der Waals surface area contributed by atoms with E-state index in [2.05, 4.69) is 40.2 Å². The van der Waals surface area contributed by atoms with Crippen LogP contribution in [0, 0.1) is 12.8 Å². The van der Waals surface area contributed by atoms with Gasteiger partial charge in [-0.2, -0.15) is 0 Å². The summed E-state index contributed by atoms with van der Waals surface area (Å²) in [5.41, 5.74) is 9.47. The van der Waals surface area contributed by atoms with Gasteiger partial charge in [0.1, 0.15) is 5.75 Å². The van der Waals surface area contributed by atoms with Gasteiger partial charge in [0.25, 0.3) is 0 Å². The summed E-state index contributed by atoms with van der Waals surface area (Å²) in [6.07, 6.45) is 0. The molecule has 2 N–H and O–H groups in total. The summed E-state index contributed by atoms with van der Waals surface area (Å²) in [4.78, 5) is 7.10. The summed E-state index contributed by atoms with van der Waals surface area (Å²) in [6, 6.07) is 14.7. The number of hydrogen-bond acceptors (Lipinski definition) is 4. The van der Waals surface area contributed by atoms with Crippen LogP contribution < -0.4 is 10.5 Å². The molecule has 1 aromatic carbocycles. The molecule has 0 aliphatic carbocycles. The highest BCUT2D eigenvalue weighted by molar-refractivity contribution is 5.85. The summed E-state index contributed by atoms with van der Waals surface area (Å²) in [6.45, 7) is 5.63. The van der Waals surface area contributed by atoms with Crippen LogP contribution in [0.4, 0.5) is 0 Å². The number of halogens is 1. The number of ether oxygens (including phenoxy) is 1. The molecule has 5 heteroatoms. The topological polar surface area (TPSA) is 51.4 Å². The Bertz CT molecular complexity index is 650. The van der Waals surface area contributed by atoms with E-state index in [1.54, 1.807) is 7.11 Å².